The fourth-order valence-corrected chi connectivity index (χ4v) is 2.20. The summed E-state index contributed by atoms with van der Waals surface area (Å²) in [6, 6.07) is 23.0. The minimum absolute atomic E-state index is 0.458. The monoisotopic (exact) mass is 289 g/mol. The molecule has 0 aliphatic heterocycles. The maximum absolute atomic E-state index is 11.9. The summed E-state index contributed by atoms with van der Waals surface area (Å²) >= 11 is 0. The molecule has 3 aromatic carbocycles. The van der Waals surface area contributed by atoms with Crippen molar-refractivity contribution in [3.63, 3.8) is 0 Å². The van der Waals surface area contributed by atoms with Gasteiger partial charge in [-0.05, 0) is 41.5 Å². The molecule has 108 valence electrons. The highest BCUT2D eigenvalue weighted by Crippen LogP contribution is 2.16. The van der Waals surface area contributed by atoms with Gasteiger partial charge in [-0.2, -0.15) is 0 Å². The Morgan fingerprint density at radius 3 is 2.27 bits per heavy atom. The molecular formula is C19H15NO2. The molecule has 0 fully saturated rings. The molecule has 3 nitrogen and oxygen atoms in total. The van der Waals surface area contributed by atoms with Crippen LogP contribution in [0.5, 0.6) is 0 Å². The zero-order chi connectivity index (χ0) is 15.4. The first-order valence-corrected chi connectivity index (χ1v) is 7.04. The highest BCUT2D eigenvalue weighted by atomic mass is 16.7. The minimum atomic E-state index is -0.458. The molecule has 0 aliphatic carbocycles. The van der Waals surface area contributed by atoms with Gasteiger partial charge in [-0.25, -0.2) is 4.79 Å². The van der Waals surface area contributed by atoms with Crippen LogP contribution in [0.15, 0.2) is 78.0 Å². The fraction of sp³-hybridized carbons (Fsp3) is 0.0526. The number of nitrogens with zero attached hydrogens (tertiary/aromatic N) is 1. The number of oxime groups is 1. The highest BCUT2D eigenvalue weighted by molar-refractivity contribution is 6.02. The quantitative estimate of drug-likeness (QED) is 0.406. The normalized spacial score (nSPS) is 11.4. The van der Waals surface area contributed by atoms with E-state index in [1.807, 2.05) is 49.4 Å². The first-order valence-electron chi connectivity index (χ1n) is 7.04. The predicted octanol–water partition coefficient (Wildman–Crippen LogP) is 4.42. The molecule has 0 unspecified atom stereocenters. The predicted molar refractivity (Wildman–Crippen MR) is 88.0 cm³/mol. The molecule has 0 radical (unpaired) electrons. The second-order valence-corrected chi connectivity index (χ2v) is 4.98. The molecule has 3 rings (SSSR count). The van der Waals surface area contributed by atoms with Crippen molar-refractivity contribution in [2.24, 2.45) is 5.16 Å². The maximum atomic E-state index is 11.9. The summed E-state index contributed by atoms with van der Waals surface area (Å²) in [6.07, 6.45) is 0. The number of carbonyl (C=O) groups is 1. The van der Waals surface area contributed by atoms with E-state index < -0.39 is 5.97 Å². The van der Waals surface area contributed by atoms with Gasteiger partial charge in [0.2, 0.25) is 0 Å². The Balaban J connectivity index is 1.80. The fourth-order valence-electron chi connectivity index (χ4n) is 2.20. The zero-order valence-electron chi connectivity index (χ0n) is 12.2. The van der Waals surface area contributed by atoms with Crippen LogP contribution in [0.3, 0.4) is 0 Å². The Kier molecular flexibility index (Phi) is 3.97. The van der Waals surface area contributed by atoms with Gasteiger partial charge in [-0.1, -0.05) is 59.8 Å². The van der Waals surface area contributed by atoms with E-state index in [9.17, 15) is 4.79 Å². The molecule has 0 saturated heterocycles. The van der Waals surface area contributed by atoms with Gasteiger partial charge < -0.3 is 4.84 Å². The van der Waals surface area contributed by atoms with Crippen molar-refractivity contribution in [3.8, 4) is 0 Å². The molecule has 0 atom stereocenters. The van der Waals surface area contributed by atoms with Gasteiger partial charge in [0.25, 0.3) is 0 Å². The molecule has 0 spiro atoms. The van der Waals surface area contributed by atoms with Crippen molar-refractivity contribution in [1.82, 2.24) is 0 Å². The Bertz CT molecular complexity index is 838. The third-order valence-corrected chi connectivity index (χ3v) is 3.44. The van der Waals surface area contributed by atoms with Gasteiger partial charge >= 0.3 is 5.97 Å². The maximum Gasteiger partial charge on any atom is 0.365 e. The first-order chi connectivity index (χ1) is 10.7. The number of hydrogen-bond donors (Lipinski definition) is 0. The molecule has 0 aromatic heterocycles. The lowest BCUT2D eigenvalue weighted by Crippen LogP contribution is -2.03. The summed E-state index contributed by atoms with van der Waals surface area (Å²) in [6.45, 7) is 1.82. The Labute approximate surface area is 128 Å². The molecule has 0 N–H and O–H groups in total. The molecule has 3 aromatic rings. The molecule has 0 amide bonds. The minimum Gasteiger partial charge on any atom is -0.313 e. The summed E-state index contributed by atoms with van der Waals surface area (Å²) in [5, 5.41) is 6.24. The third kappa shape index (κ3) is 3.04. The topological polar surface area (TPSA) is 38.7 Å². The first kappa shape index (κ1) is 14.0. The lowest BCUT2D eigenvalue weighted by Gasteiger charge is -2.03. The highest BCUT2D eigenvalue weighted by Gasteiger charge is 2.06. The lowest BCUT2D eigenvalue weighted by molar-refractivity contribution is 0.0516. The van der Waals surface area contributed by atoms with Crippen LogP contribution in [-0.4, -0.2) is 11.7 Å². The van der Waals surface area contributed by atoms with E-state index in [0.717, 1.165) is 10.9 Å². The van der Waals surface area contributed by atoms with E-state index in [1.165, 1.54) is 5.39 Å². The van der Waals surface area contributed by atoms with E-state index >= 15 is 0 Å². The van der Waals surface area contributed by atoms with E-state index in [-0.39, 0.29) is 0 Å². The Morgan fingerprint density at radius 1 is 0.818 bits per heavy atom. The van der Waals surface area contributed by atoms with Gasteiger partial charge in [0.15, 0.2) is 0 Å². The molecule has 3 heteroatoms. The van der Waals surface area contributed by atoms with Gasteiger partial charge in [-0.3, -0.25) is 0 Å². The average molecular weight is 289 g/mol. The van der Waals surface area contributed by atoms with Crippen LogP contribution < -0.4 is 0 Å². The van der Waals surface area contributed by atoms with Gasteiger partial charge in [-0.15, -0.1) is 0 Å². The van der Waals surface area contributed by atoms with Crippen LogP contribution in [-0.2, 0) is 4.84 Å². The summed E-state index contributed by atoms with van der Waals surface area (Å²) in [5.41, 5.74) is 2.08. The van der Waals surface area contributed by atoms with Crippen LogP contribution in [0.4, 0.5) is 0 Å². The van der Waals surface area contributed by atoms with Crippen LogP contribution in [0.25, 0.3) is 10.8 Å². The van der Waals surface area contributed by atoms with Crippen LogP contribution >= 0.6 is 0 Å². The van der Waals surface area contributed by atoms with Crippen molar-refractivity contribution < 1.29 is 9.63 Å². The van der Waals surface area contributed by atoms with Crippen LogP contribution in [0.1, 0.15) is 22.8 Å². The van der Waals surface area contributed by atoms with Crippen LogP contribution in [0, 0.1) is 0 Å². The van der Waals surface area contributed by atoms with Gasteiger partial charge in [0.05, 0.1) is 11.3 Å². The van der Waals surface area contributed by atoms with E-state index in [4.69, 9.17) is 4.84 Å². The molecule has 0 aliphatic rings. The number of benzene rings is 3. The molecule has 0 bridgehead atoms. The van der Waals surface area contributed by atoms with E-state index in [1.54, 1.807) is 24.3 Å². The van der Waals surface area contributed by atoms with Crippen molar-refractivity contribution in [3.05, 3.63) is 83.9 Å². The third-order valence-electron chi connectivity index (χ3n) is 3.44. The standard InChI is InChI=1S/C19H15NO2/c1-14(20-22-19(21)16-8-3-2-4-9-16)17-12-11-15-7-5-6-10-18(15)13-17/h2-13H,1H3. The second kappa shape index (κ2) is 6.22. The average Bonchev–Trinajstić information content (AvgIpc) is 2.59. The van der Waals surface area contributed by atoms with Crippen molar-refractivity contribution in [2.75, 3.05) is 0 Å². The molecule has 0 heterocycles. The van der Waals surface area contributed by atoms with Crippen molar-refractivity contribution >= 4 is 22.5 Å². The SMILES string of the molecule is CC(=NOC(=O)c1ccccc1)c1ccc2ccccc2c1. The van der Waals surface area contributed by atoms with Crippen LogP contribution in [0.2, 0.25) is 0 Å². The molecule has 0 saturated carbocycles. The Hall–Kier alpha value is -2.94. The largest absolute Gasteiger partial charge is 0.365 e. The molecular weight excluding hydrogens is 274 g/mol. The summed E-state index contributed by atoms with van der Waals surface area (Å²) in [5.74, 6) is -0.458. The van der Waals surface area contributed by atoms with E-state index in [2.05, 4.69) is 11.2 Å². The smallest absolute Gasteiger partial charge is 0.313 e. The number of carbonyl (C=O) groups excluding carboxylic acids is 1. The van der Waals surface area contributed by atoms with Crippen molar-refractivity contribution in [2.45, 2.75) is 6.92 Å². The van der Waals surface area contributed by atoms with E-state index in [0.29, 0.717) is 11.3 Å². The Morgan fingerprint density at radius 2 is 1.50 bits per heavy atom. The van der Waals surface area contributed by atoms with Crippen molar-refractivity contribution in [1.29, 1.82) is 0 Å². The summed E-state index contributed by atoms with van der Waals surface area (Å²) < 4.78 is 0. The lowest BCUT2D eigenvalue weighted by atomic mass is 10.0. The summed E-state index contributed by atoms with van der Waals surface area (Å²) in [4.78, 5) is 16.9. The zero-order valence-corrected chi connectivity index (χ0v) is 12.2. The molecule has 22 heavy (non-hydrogen) atoms. The number of hydrogen-bond acceptors (Lipinski definition) is 3. The van der Waals surface area contributed by atoms with Gasteiger partial charge in [0, 0.05) is 0 Å². The summed E-state index contributed by atoms with van der Waals surface area (Å²) in [7, 11) is 0. The van der Waals surface area contributed by atoms with Gasteiger partial charge in [0.1, 0.15) is 0 Å². The number of rotatable bonds is 3. The number of fused-ring (bicyclic) bond motifs is 1. The second-order valence-electron chi connectivity index (χ2n) is 4.98.